The van der Waals surface area contributed by atoms with E-state index in [0.717, 1.165) is 17.7 Å². The number of rotatable bonds is 5. The van der Waals surface area contributed by atoms with Gasteiger partial charge in [-0.3, -0.25) is 10.3 Å². The number of nitrogens with two attached hydrogens (primary N) is 1. The van der Waals surface area contributed by atoms with Gasteiger partial charge in [0, 0.05) is 17.9 Å². The number of hydrogen-bond acceptors (Lipinski definition) is 3. The quantitative estimate of drug-likeness (QED) is 0.520. The summed E-state index contributed by atoms with van der Waals surface area (Å²) in [5.41, 5.74) is 10.6. The minimum atomic E-state index is -0.521. The Balaban J connectivity index is 1.83. The Bertz CT molecular complexity index is 816. The van der Waals surface area contributed by atoms with Gasteiger partial charge in [0.25, 0.3) is 0 Å². The summed E-state index contributed by atoms with van der Waals surface area (Å²) in [4.78, 5) is 16.2. The van der Waals surface area contributed by atoms with Gasteiger partial charge in [0.15, 0.2) is 5.96 Å². The van der Waals surface area contributed by atoms with Crippen LogP contribution in [0.2, 0.25) is 0 Å². The second-order valence-corrected chi connectivity index (χ2v) is 7.84. The first kappa shape index (κ1) is 21.3. The molecule has 0 aliphatic heterocycles. The maximum atomic E-state index is 11.8. The van der Waals surface area contributed by atoms with Crippen molar-refractivity contribution in [3.05, 3.63) is 59.2 Å². The van der Waals surface area contributed by atoms with Crippen LogP contribution >= 0.6 is 0 Å². The molecule has 1 amide bonds. The molecule has 2 rings (SSSR count). The first-order chi connectivity index (χ1) is 13.1. The summed E-state index contributed by atoms with van der Waals surface area (Å²) >= 11 is 0. The summed E-state index contributed by atoms with van der Waals surface area (Å²) in [6, 6.07) is 13.8. The number of nitrogens with zero attached hydrogens (tertiary/aromatic N) is 1. The lowest BCUT2D eigenvalue weighted by atomic mass is 10.1. The van der Waals surface area contributed by atoms with E-state index in [1.807, 2.05) is 71.0 Å². The number of carbonyl (C=O) groups is 1. The van der Waals surface area contributed by atoms with Gasteiger partial charge >= 0.3 is 6.09 Å². The van der Waals surface area contributed by atoms with Crippen molar-refractivity contribution in [1.29, 1.82) is 0 Å². The van der Waals surface area contributed by atoms with Crippen molar-refractivity contribution < 1.29 is 9.53 Å². The summed E-state index contributed by atoms with van der Waals surface area (Å²) in [7, 11) is 0. The van der Waals surface area contributed by atoms with Gasteiger partial charge in [-0.15, -0.1) is 0 Å². The number of guanidine groups is 1. The molecule has 2 aromatic rings. The highest BCUT2D eigenvalue weighted by Crippen LogP contribution is 2.14. The third-order valence-electron chi connectivity index (χ3n) is 3.78. The van der Waals surface area contributed by atoms with Crippen molar-refractivity contribution >= 4 is 23.4 Å². The van der Waals surface area contributed by atoms with E-state index in [4.69, 9.17) is 10.5 Å². The molecule has 0 heterocycles. The van der Waals surface area contributed by atoms with E-state index >= 15 is 0 Å². The monoisotopic (exact) mass is 382 g/mol. The molecule has 28 heavy (non-hydrogen) atoms. The smallest absolute Gasteiger partial charge is 0.412 e. The molecule has 6 heteroatoms. The lowest BCUT2D eigenvalue weighted by Gasteiger charge is -2.19. The summed E-state index contributed by atoms with van der Waals surface area (Å²) in [5, 5.41) is 5.84. The van der Waals surface area contributed by atoms with Gasteiger partial charge in [-0.05, 0) is 82.0 Å². The number of benzene rings is 2. The molecule has 6 nitrogen and oxygen atoms in total. The van der Waals surface area contributed by atoms with Crippen LogP contribution < -0.4 is 16.4 Å². The lowest BCUT2D eigenvalue weighted by Crippen LogP contribution is -2.27. The predicted octanol–water partition coefficient (Wildman–Crippen LogP) is 4.62. The van der Waals surface area contributed by atoms with Crippen LogP contribution in [-0.2, 0) is 11.2 Å². The molecule has 4 N–H and O–H groups in total. The van der Waals surface area contributed by atoms with Crippen LogP contribution in [0.3, 0.4) is 0 Å². The molecule has 2 aromatic carbocycles. The summed E-state index contributed by atoms with van der Waals surface area (Å²) < 4.78 is 5.24. The van der Waals surface area contributed by atoms with Crippen molar-refractivity contribution in [3.63, 3.8) is 0 Å². The zero-order chi connectivity index (χ0) is 20.7. The fourth-order valence-corrected chi connectivity index (χ4v) is 2.72. The first-order valence-corrected chi connectivity index (χ1v) is 9.35. The van der Waals surface area contributed by atoms with Gasteiger partial charge < -0.3 is 15.8 Å². The highest BCUT2D eigenvalue weighted by atomic mass is 16.6. The molecule has 0 spiro atoms. The maximum absolute atomic E-state index is 11.8. The van der Waals surface area contributed by atoms with Crippen LogP contribution in [-0.4, -0.2) is 24.2 Å². The van der Waals surface area contributed by atoms with E-state index < -0.39 is 11.7 Å². The van der Waals surface area contributed by atoms with Gasteiger partial charge in [0.1, 0.15) is 5.60 Å². The van der Waals surface area contributed by atoms with Crippen molar-refractivity contribution in [2.24, 2.45) is 10.7 Å². The number of carbonyl (C=O) groups excluding carboxylic acids is 1. The number of aryl methyl sites for hydroxylation is 2. The number of aliphatic imine (C=N–C) groups is 1. The molecule has 0 radical (unpaired) electrons. The predicted molar refractivity (Wildman–Crippen MR) is 116 cm³/mol. The minimum absolute atomic E-state index is 0.396. The average molecular weight is 383 g/mol. The second-order valence-electron chi connectivity index (χ2n) is 7.84. The largest absolute Gasteiger partial charge is 0.444 e. The molecular weight excluding hydrogens is 352 g/mol. The Morgan fingerprint density at radius 1 is 1.00 bits per heavy atom. The molecule has 0 fully saturated rings. The van der Waals surface area contributed by atoms with Crippen LogP contribution in [0.5, 0.6) is 0 Å². The van der Waals surface area contributed by atoms with E-state index in [0.29, 0.717) is 18.2 Å². The van der Waals surface area contributed by atoms with E-state index in [2.05, 4.69) is 21.7 Å². The van der Waals surface area contributed by atoms with Crippen LogP contribution in [0.1, 0.15) is 37.5 Å². The van der Waals surface area contributed by atoms with Crippen LogP contribution in [0, 0.1) is 13.8 Å². The van der Waals surface area contributed by atoms with E-state index in [-0.39, 0.29) is 0 Å². The van der Waals surface area contributed by atoms with Gasteiger partial charge in [-0.25, -0.2) is 4.79 Å². The number of nitrogens with one attached hydrogen (secondary N) is 2. The fraction of sp³-hybridized carbons (Fsp3) is 0.364. The van der Waals surface area contributed by atoms with E-state index in [1.165, 1.54) is 11.1 Å². The lowest BCUT2D eigenvalue weighted by molar-refractivity contribution is 0.0636. The molecule has 0 saturated heterocycles. The second kappa shape index (κ2) is 9.26. The van der Waals surface area contributed by atoms with Gasteiger partial charge in [-0.2, -0.15) is 0 Å². The standard InChI is InChI=1S/C22H30N4O2/c1-15-12-16(2)14-19(13-15)25-20(23)24-11-10-17-6-8-18(9-7-17)26-21(27)28-22(3,4)5/h6-9,12-14H,10-11H2,1-5H3,(H,26,27)(H3,23,24,25). The topological polar surface area (TPSA) is 88.7 Å². The molecule has 0 unspecified atom stereocenters. The highest BCUT2D eigenvalue weighted by Gasteiger charge is 2.16. The van der Waals surface area contributed by atoms with Crippen molar-refractivity contribution in [1.82, 2.24) is 0 Å². The third-order valence-corrected chi connectivity index (χ3v) is 3.78. The fourth-order valence-electron chi connectivity index (χ4n) is 2.72. The number of hydrogen-bond donors (Lipinski definition) is 3. The van der Waals surface area contributed by atoms with Crippen molar-refractivity contribution in [2.75, 3.05) is 17.2 Å². The average Bonchev–Trinajstić information content (AvgIpc) is 2.53. The molecule has 0 aromatic heterocycles. The molecule has 0 atom stereocenters. The maximum Gasteiger partial charge on any atom is 0.412 e. The van der Waals surface area contributed by atoms with E-state index in [9.17, 15) is 4.79 Å². The van der Waals surface area contributed by atoms with E-state index in [1.54, 1.807) is 0 Å². The Morgan fingerprint density at radius 3 is 2.18 bits per heavy atom. The van der Waals surface area contributed by atoms with Crippen LogP contribution in [0.15, 0.2) is 47.5 Å². The van der Waals surface area contributed by atoms with Gasteiger partial charge in [-0.1, -0.05) is 18.2 Å². The number of anilines is 2. The highest BCUT2D eigenvalue weighted by molar-refractivity contribution is 5.92. The molecule has 0 saturated carbocycles. The minimum Gasteiger partial charge on any atom is -0.444 e. The summed E-state index contributed by atoms with van der Waals surface area (Å²) in [5.74, 6) is 0.396. The van der Waals surface area contributed by atoms with Gasteiger partial charge in [0.05, 0.1) is 0 Å². The van der Waals surface area contributed by atoms with Crippen molar-refractivity contribution in [2.45, 2.75) is 46.6 Å². The normalized spacial score (nSPS) is 11.8. The van der Waals surface area contributed by atoms with Crippen LogP contribution in [0.4, 0.5) is 16.2 Å². The number of amides is 1. The molecule has 0 aliphatic carbocycles. The number of ether oxygens (including phenoxy) is 1. The Labute approximate surface area is 167 Å². The van der Waals surface area contributed by atoms with Crippen LogP contribution in [0.25, 0.3) is 0 Å². The third kappa shape index (κ3) is 7.70. The Hall–Kier alpha value is -3.02. The Morgan fingerprint density at radius 2 is 1.61 bits per heavy atom. The summed E-state index contributed by atoms with van der Waals surface area (Å²) in [6.07, 6.45) is 0.289. The molecule has 0 aliphatic rings. The van der Waals surface area contributed by atoms with Crippen molar-refractivity contribution in [3.8, 4) is 0 Å². The Kier molecular flexibility index (Phi) is 7.04. The zero-order valence-corrected chi connectivity index (χ0v) is 17.3. The summed E-state index contributed by atoms with van der Waals surface area (Å²) in [6.45, 7) is 10.2. The molecule has 0 bridgehead atoms. The SMILES string of the molecule is Cc1cc(C)cc(NC(N)=NCCc2ccc(NC(=O)OC(C)(C)C)cc2)c1. The first-order valence-electron chi connectivity index (χ1n) is 9.35. The van der Waals surface area contributed by atoms with Gasteiger partial charge in [0.2, 0.25) is 0 Å². The molecular formula is C22H30N4O2. The molecule has 150 valence electrons. The zero-order valence-electron chi connectivity index (χ0n) is 17.3.